The van der Waals surface area contributed by atoms with Gasteiger partial charge in [-0.3, -0.25) is 4.90 Å². The number of carboxylic acid groups (broad SMARTS) is 2. The minimum absolute atomic E-state index is 0.0109. The molecule has 1 heterocycles. The number of hydrogen-bond donors (Lipinski definition) is 2. The van der Waals surface area contributed by atoms with Gasteiger partial charge in [0, 0.05) is 12.7 Å². The molecule has 9 heteroatoms. The quantitative estimate of drug-likeness (QED) is 0.654. The zero-order chi connectivity index (χ0) is 22.6. The lowest BCUT2D eigenvalue weighted by Gasteiger charge is -2.35. The molecule has 8 nitrogen and oxygen atoms in total. The average Bonchev–Trinajstić information content (AvgIpc) is 3.14. The molecule has 1 amide bonds. The predicted octanol–water partition coefficient (Wildman–Crippen LogP) is 3.70. The Labute approximate surface area is 178 Å². The highest BCUT2D eigenvalue weighted by Gasteiger charge is 2.55. The van der Waals surface area contributed by atoms with Crippen molar-refractivity contribution in [2.24, 2.45) is 0 Å². The van der Waals surface area contributed by atoms with Crippen molar-refractivity contribution in [2.45, 2.75) is 31.0 Å². The topological polar surface area (TPSA) is 106 Å². The molecule has 0 aromatic heterocycles. The number of likely N-dealkylation sites (tertiary alicyclic amines) is 1. The van der Waals surface area contributed by atoms with Crippen LogP contribution in [-0.2, 0) is 16.1 Å². The third kappa shape index (κ3) is 4.27. The molecule has 2 aromatic carbocycles. The van der Waals surface area contributed by atoms with E-state index in [-0.39, 0.29) is 25.5 Å². The maximum atomic E-state index is 13.8. The lowest BCUT2D eigenvalue weighted by atomic mass is 9.98. The van der Waals surface area contributed by atoms with Gasteiger partial charge >= 0.3 is 12.1 Å². The molecule has 0 bridgehead atoms. The molecule has 1 fully saturated rings. The number of halogens is 1. The second-order valence-electron chi connectivity index (χ2n) is 7.27. The normalized spacial score (nSPS) is 20.5. The van der Waals surface area contributed by atoms with Gasteiger partial charge in [0.2, 0.25) is 0 Å². The van der Waals surface area contributed by atoms with Crippen molar-refractivity contribution in [3.05, 3.63) is 59.4 Å². The van der Waals surface area contributed by atoms with Crippen LogP contribution in [-0.4, -0.2) is 53.5 Å². The van der Waals surface area contributed by atoms with Crippen LogP contribution in [0.5, 0.6) is 11.5 Å². The monoisotopic (exact) mass is 433 g/mol. The van der Waals surface area contributed by atoms with E-state index in [0.29, 0.717) is 29.0 Å². The van der Waals surface area contributed by atoms with Crippen LogP contribution in [0.4, 0.5) is 9.18 Å². The molecule has 166 valence electrons. The Bertz CT molecular complexity index is 967. The molecule has 2 unspecified atom stereocenters. The summed E-state index contributed by atoms with van der Waals surface area (Å²) in [6.45, 7) is -0.269. The summed E-state index contributed by atoms with van der Waals surface area (Å²) < 4.78 is 30.0. The summed E-state index contributed by atoms with van der Waals surface area (Å²) in [5.41, 5.74) is -0.720. The number of nitrogens with zero attached hydrogens (tertiary/aromatic N) is 1. The van der Waals surface area contributed by atoms with E-state index in [1.807, 2.05) is 0 Å². The SMILES string of the molecule is COCC1(C(=O)O)CCC(c2ccc(OCc3ccccc3F)c(OC)c2)N1C(=O)O. The van der Waals surface area contributed by atoms with Crippen LogP contribution in [0, 0.1) is 5.82 Å². The summed E-state index contributed by atoms with van der Waals surface area (Å²) in [6.07, 6.45) is -0.928. The first-order valence-electron chi connectivity index (χ1n) is 9.62. The largest absolute Gasteiger partial charge is 0.493 e. The second-order valence-corrected chi connectivity index (χ2v) is 7.27. The van der Waals surface area contributed by atoms with E-state index in [9.17, 15) is 24.2 Å². The summed E-state index contributed by atoms with van der Waals surface area (Å²) in [5, 5.41) is 19.6. The summed E-state index contributed by atoms with van der Waals surface area (Å²) >= 11 is 0. The molecule has 2 N–H and O–H groups in total. The number of rotatable bonds is 8. The molecule has 2 atom stereocenters. The van der Waals surface area contributed by atoms with Gasteiger partial charge in [-0.25, -0.2) is 14.0 Å². The number of carboxylic acids is 1. The van der Waals surface area contributed by atoms with E-state index in [2.05, 4.69) is 0 Å². The highest BCUT2D eigenvalue weighted by atomic mass is 19.1. The van der Waals surface area contributed by atoms with Crippen LogP contribution in [0.1, 0.15) is 30.0 Å². The van der Waals surface area contributed by atoms with Gasteiger partial charge in [0.1, 0.15) is 12.4 Å². The van der Waals surface area contributed by atoms with Crippen molar-refractivity contribution in [1.82, 2.24) is 4.90 Å². The smallest absolute Gasteiger partial charge is 0.408 e. The van der Waals surface area contributed by atoms with E-state index >= 15 is 0 Å². The zero-order valence-corrected chi connectivity index (χ0v) is 17.2. The number of hydrogen-bond acceptors (Lipinski definition) is 5. The van der Waals surface area contributed by atoms with Crippen LogP contribution >= 0.6 is 0 Å². The van der Waals surface area contributed by atoms with Crippen molar-refractivity contribution in [1.29, 1.82) is 0 Å². The highest BCUT2D eigenvalue weighted by Crippen LogP contribution is 2.45. The van der Waals surface area contributed by atoms with Crippen LogP contribution in [0.15, 0.2) is 42.5 Å². The number of methoxy groups -OCH3 is 2. The molecule has 1 saturated heterocycles. The van der Waals surface area contributed by atoms with Gasteiger partial charge in [-0.1, -0.05) is 24.3 Å². The Morgan fingerprint density at radius 1 is 1.16 bits per heavy atom. The van der Waals surface area contributed by atoms with Crippen LogP contribution in [0.3, 0.4) is 0 Å². The fraction of sp³-hybridized carbons (Fsp3) is 0.364. The van der Waals surface area contributed by atoms with Crippen LogP contribution in [0.2, 0.25) is 0 Å². The molecule has 0 spiro atoms. The molecule has 1 aliphatic rings. The van der Waals surface area contributed by atoms with Crippen molar-refractivity contribution in [3.8, 4) is 11.5 Å². The summed E-state index contributed by atoms with van der Waals surface area (Å²) in [6, 6.07) is 10.4. The number of carbonyl (C=O) groups is 2. The molecule has 1 aliphatic heterocycles. The van der Waals surface area contributed by atoms with Crippen LogP contribution in [0.25, 0.3) is 0 Å². The summed E-state index contributed by atoms with van der Waals surface area (Å²) in [5.74, 6) is -0.949. The second kappa shape index (κ2) is 9.22. The minimum Gasteiger partial charge on any atom is -0.493 e. The van der Waals surface area contributed by atoms with Crippen molar-refractivity contribution >= 4 is 12.1 Å². The number of ether oxygens (including phenoxy) is 3. The van der Waals surface area contributed by atoms with Gasteiger partial charge < -0.3 is 24.4 Å². The molecule has 0 radical (unpaired) electrons. The Morgan fingerprint density at radius 2 is 1.90 bits per heavy atom. The standard InChI is InChI=1S/C22H24FNO7/c1-29-13-22(20(25)26)10-9-17(24(22)21(27)28)14-7-8-18(19(11-14)30-2)31-12-15-5-3-4-6-16(15)23/h3-8,11,17H,9-10,12-13H2,1-2H3,(H,25,26)(H,27,28). The van der Waals surface area contributed by atoms with Gasteiger partial charge in [0.25, 0.3) is 0 Å². The fourth-order valence-electron chi connectivity index (χ4n) is 3.99. The molecule has 31 heavy (non-hydrogen) atoms. The van der Waals surface area contributed by atoms with Gasteiger partial charge in [-0.2, -0.15) is 0 Å². The Balaban J connectivity index is 1.88. The minimum atomic E-state index is -1.67. The van der Waals surface area contributed by atoms with E-state index in [4.69, 9.17) is 14.2 Å². The highest BCUT2D eigenvalue weighted by molar-refractivity contribution is 5.85. The molecule has 0 saturated carbocycles. The van der Waals surface area contributed by atoms with E-state index in [1.54, 1.807) is 36.4 Å². The molecule has 0 aliphatic carbocycles. The van der Waals surface area contributed by atoms with E-state index in [0.717, 1.165) is 4.90 Å². The number of aliphatic carboxylic acids is 1. The van der Waals surface area contributed by atoms with Gasteiger partial charge in [-0.05, 0) is 36.6 Å². The van der Waals surface area contributed by atoms with E-state index in [1.165, 1.54) is 20.3 Å². The van der Waals surface area contributed by atoms with Crippen LogP contribution < -0.4 is 9.47 Å². The Kier molecular flexibility index (Phi) is 6.65. The van der Waals surface area contributed by atoms with E-state index < -0.39 is 23.6 Å². The molecule has 2 aromatic rings. The van der Waals surface area contributed by atoms with Gasteiger partial charge in [0.15, 0.2) is 17.0 Å². The fourth-order valence-corrected chi connectivity index (χ4v) is 3.99. The summed E-state index contributed by atoms with van der Waals surface area (Å²) in [7, 11) is 2.77. The molecule has 3 rings (SSSR count). The zero-order valence-electron chi connectivity index (χ0n) is 17.2. The van der Waals surface area contributed by atoms with Crippen molar-refractivity contribution in [2.75, 3.05) is 20.8 Å². The average molecular weight is 433 g/mol. The van der Waals surface area contributed by atoms with Gasteiger partial charge in [-0.15, -0.1) is 0 Å². The predicted molar refractivity (Wildman–Crippen MR) is 108 cm³/mol. The maximum Gasteiger partial charge on any atom is 0.408 e. The first-order valence-corrected chi connectivity index (χ1v) is 9.62. The first-order chi connectivity index (χ1) is 14.8. The molecular formula is C22H24FNO7. The third-order valence-electron chi connectivity index (χ3n) is 5.50. The lowest BCUT2D eigenvalue weighted by molar-refractivity contribution is -0.152. The maximum absolute atomic E-state index is 13.8. The number of benzene rings is 2. The van der Waals surface area contributed by atoms with Crippen molar-refractivity contribution in [3.63, 3.8) is 0 Å². The number of amides is 1. The molecular weight excluding hydrogens is 409 g/mol. The Hall–Kier alpha value is -3.33. The van der Waals surface area contributed by atoms with Crippen molar-refractivity contribution < 1.29 is 38.4 Å². The summed E-state index contributed by atoms with van der Waals surface area (Å²) in [4.78, 5) is 24.9. The third-order valence-corrected chi connectivity index (χ3v) is 5.50. The first kappa shape index (κ1) is 22.4. The van der Waals surface area contributed by atoms with Gasteiger partial charge in [0.05, 0.1) is 19.8 Å². The lowest BCUT2D eigenvalue weighted by Crippen LogP contribution is -2.56. The Morgan fingerprint density at radius 3 is 2.52 bits per heavy atom.